The van der Waals surface area contributed by atoms with Gasteiger partial charge in [0.1, 0.15) is 5.58 Å². The molecule has 6 nitrogen and oxygen atoms in total. The van der Waals surface area contributed by atoms with E-state index in [9.17, 15) is 9.59 Å². The molecule has 0 saturated carbocycles. The lowest BCUT2D eigenvalue weighted by Gasteiger charge is -2.12. The Bertz CT molecular complexity index is 1560. The molecule has 6 heteroatoms. The maximum Gasteiger partial charge on any atom is 0.336 e. The van der Waals surface area contributed by atoms with Gasteiger partial charge in [-0.2, -0.15) is 0 Å². The van der Waals surface area contributed by atoms with E-state index in [0.29, 0.717) is 22.5 Å². The standard InChI is InChI=1S/C26H19N3O3/c1-15-5-8-22-20(10-15)21(13-23(29-22)17-4-3-9-27-14-17)26(31)28-18-6-7-19-16(2)11-25(30)32-24(19)12-18/h3-14H,1-2H3,(H,28,31). The summed E-state index contributed by atoms with van der Waals surface area (Å²) in [5.74, 6) is -0.275. The van der Waals surface area contributed by atoms with E-state index >= 15 is 0 Å². The molecule has 2 aromatic carbocycles. The molecule has 0 fully saturated rings. The summed E-state index contributed by atoms with van der Waals surface area (Å²) >= 11 is 0. The molecule has 32 heavy (non-hydrogen) atoms. The van der Waals surface area contributed by atoms with Gasteiger partial charge in [0.2, 0.25) is 0 Å². The SMILES string of the molecule is Cc1ccc2nc(-c3cccnc3)cc(C(=O)Nc3ccc4c(C)cc(=O)oc4c3)c2c1. The molecule has 3 aromatic heterocycles. The monoisotopic (exact) mass is 421 g/mol. The molecule has 156 valence electrons. The van der Waals surface area contributed by atoms with Crippen LogP contribution in [0.25, 0.3) is 33.1 Å². The second-order valence-corrected chi connectivity index (χ2v) is 7.73. The molecule has 0 unspecified atom stereocenters. The van der Waals surface area contributed by atoms with Crippen molar-refractivity contribution < 1.29 is 9.21 Å². The second-order valence-electron chi connectivity index (χ2n) is 7.73. The minimum absolute atomic E-state index is 0.275. The molecule has 0 aliphatic heterocycles. The van der Waals surface area contributed by atoms with Crippen molar-refractivity contribution in [2.24, 2.45) is 0 Å². The smallest absolute Gasteiger partial charge is 0.336 e. The van der Waals surface area contributed by atoms with E-state index in [1.54, 1.807) is 30.6 Å². The molecule has 0 bridgehead atoms. The quantitative estimate of drug-likeness (QED) is 0.401. The summed E-state index contributed by atoms with van der Waals surface area (Å²) in [4.78, 5) is 34.0. The second kappa shape index (κ2) is 7.74. The lowest BCUT2D eigenvalue weighted by molar-refractivity contribution is 0.102. The van der Waals surface area contributed by atoms with Crippen molar-refractivity contribution in [3.05, 3.63) is 100 Å². The maximum atomic E-state index is 13.3. The number of fused-ring (bicyclic) bond motifs is 2. The van der Waals surface area contributed by atoms with E-state index in [2.05, 4.69) is 10.3 Å². The van der Waals surface area contributed by atoms with Crippen molar-refractivity contribution in [1.29, 1.82) is 0 Å². The normalized spacial score (nSPS) is 11.1. The number of pyridine rings is 2. The Kier molecular flexibility index (Phi) is 4.75. The Morgan fingerprint density at radius 3 is 2.66 bits per heavy atom. The van der Waals surface area contributed by atoms with E-state index in [-0.39, 0.29) is 5.91 Å². The van der Waals surface area contributed by atoms with Crippen LogP contribution in [0.2, 0.25) is 0 Å². The molecule has 1 N–H and O–H groups in total. The van der Waals surface area contributed by atoms with Gasteiger partial charge in [0.05, 0.1) is 16.8 Å². The van der Waals surface area contributed by atoms with Gasteiger partial charge in [0.25, 0.3) is 5.91 Å². The van der Waals surface area contributed by atoms with Crippen LogP contribution in [0.1, 0.15) is 21.5 Å². The molecule has 0 saturated heterocycles. The summed E-state index contributed by atoms with van der Waals surface area (Å²) in [5, 5.41) is 4.52. The number of rotatable bonds is 3. The number of nitrogens with one attached hydrogen (secondary N) is 1. The number of carbonyl (C=O) groups excluding carboxylic acids is 1. The fraction of sp³-hybridized carbons (Fsp3) is 0.0769. The van der Waals surface area contributed by atoms with Crippen LogP contribution < -0.4 is 10.9 Å². The zero-order valence-corrected chi connectivity index (χ0v) is 17.5. The highest BCUT2D eigenvalue weighted by Gasteiger charge is 2.15. The van der Waals surface area contributed by atoms with Crippen molar-refractivity contribution in [2.45, 2.75) is 13.8 Å². The van der Waals surface area contributed by atoms with Gasteiger partial charge in [-0.1, -0.05) is 11.6 Å². The van der Waals surface area contributed by atoms with Gasteiger partial charge in [-0.3, -0.25) is 9.78 Å². The minimum Gasteiger partial charge on any atom is -0.423 e. The van der Waals surface area contributed by atoms with Crippen molar-refractivity contribution >= 4 is 33.5 Å². The van der Waals surface area contributed by atoms with E-state index in [0.717, 1.165) is 33.0 Å². The third-order valence-corrected chi connectivity index (χ3v) is 5.38. The van der Waals surface area contributed by atoms with Crippen LogP contribution in [-0.2, 0) is 0 Å². The summed E-state index contributed by atoms with van der Waals surface area (Å²) in [6.07, 6.45) is 3.42. The van der Waals surface area contributed by atoms with E-state index in [1.165, 1.54) is 6.07 Å². The Morgan fingerprint density at radius 2 is 1.84 bits per heavy atom. The molecular formula is C26H19N3O3. The summed E-state index contributed by atoms with van der Waals surface area (Å²) in [5.41, 5.74) is 5.12. The highest BCUT2D eigenvalue weighted by Crippen LogP contribution is 2.27. The zero-order chi connectivity index (χ0) is 22.2. The zero-order valence-electron chi connectivity index (χ0n) is 17.5. The number of amides is 1. The first-order chi connectivity index (χ1) is 15.5. The molecule has 1 amide bonds. The predicted octanol–water partition coefficient (Wildman–Crippen LogP) is 5.27. The van der Waals surface area contributed by atoms with Crippen LogP contribution in [-0.4, -0.2) is 15.9 Å². The van der Waals surface area contributed by atoms with Crippen LogP contribution in [0, 0.1) is 13.8 Å². The van der Waals surface area contributed by atoms with Crippen LogP contribution in [0.15, 0.2) is 82.3 Å². The number of aromatic nitrogens is 2. The van der Waals surface area contributed by atoms with E-state index in [4.69, 9.17) is 9.40 Å². The number of hydrogen-bond donors (Lipinski definition) is 1. The maximum absolute atomic E-state index is 13.3. The first-order valence-electron chi connectivity index (χ1n) is 10.2. The summed E-state index contributed by atoms with van der Waals surface area (Å²) in [6.45, 7) is 3.83. The molecule has 0 aliphatic carbocycles. The third kappa shape index (κ3) is 3.63. The molecular weight excluding hydrogens is 402 g/mol. The van der Waals surface area contributed by atoms with Gasteiger partial charge < -0.3 is 9.73 Å². The van der Waals surface area contributed by atoms with E-state index in [1.807, 2.05) is 50.2 Å². The number of nitrogens with zero attached hydrogens (tertiary/aromatic N) is 2. The number of anilines is 1. The van der Waals surface area contributed by atoms with Crippen molar-refractivity contribution in [3.8, 4) is 11.3 Å². The number of benzene rings is 2. The Hall–Kier alpha value is -4.32. The van der Waals surface area contributed by atoms with E-state index < -0.39 is 5.63 Å². The minimum atomic E-state index is -0.421. The molecule has 5 aromatic rings. The third-order valence-electron chi connectivity index (χ3n) is 5.38. The Labute approximate surface area is 183 Å². The molecule has 0 aliphatic rings. The molecule has 0 spiro atoms. The topological polar surface area (TPSA) is 85.1 Å². The fourth-order valence-corrected chi connectivity index (χ4v) is 3.79. The van der Waals surface area contributed by atoms with Gasteiger partial charge in [-0.15, -0.1) is 0 Å². The highest BCUT2D eigenvalue weighted by atomic mass is 16.4. The first-order valence-corrected chi connectivity index (χ1v) is 10.2. The Balaban J connectivity index is 1.60. The first kappa shape index (κ1) is 19.6. The summed E-state index contributed by atoms with van der Waals surface area (Å²) in [7, 11) is 0. The van der Waals surface area contributed by atoms with Gasteiger partial charge in [-0.05, 0) is 61.9 Å². The number of hydrogen-bond acceptors (Lipinski definition) is 5. The van der Waals surface area contributed by atoms with Crippen LogP contribution >= 0.6 is 0 Å². The largest absolute Gasteiger partial charge is 0.423 e. The van der Waals surface area contributed by atoms with Crippen molar-refractivity contribution in [1.82, 2.24) is 9.97 Å². The van der Waals surface area contributed by atoms with Crippen LogP contribution in [0.5, 0.6) is 0 Å². The van der Waals surface area contributed by atoms with Gasteiger partial charge in [-0.25, -0.2) is 9.78 Å². The van der Waals surface area contributed by atoms with Crippen LogP contribution in [0.3, 0.4) is 0 Å². The molecule has 0 radical (unpaired) electrons. The average molecular weight is 421 g/mol. The highest BCUT2D eigenvalue weighted by molar-refractivity contribution is 6.13. The Morgan fingerprint density at radius 1 is 0.969 bits per heavy atom. The fourth-order valence-electron chi connectivity index (χ4n) is 3.79. The summed E-state index contributed by atoms with van der Waals surface area (Å²) in [6, 6.07) is 18.1. The van der Waals surface area contributed by atoms with Crippen LogP contribution in [0.4, 0.5) is 5.69 Å². The van der Waals surface area contributed by atoms with Gasteiger partial charge in [0.15, 0.2) is 0 Å². The van der Waals surface area contributed by atoms with Crippen molar-refractivity contribution in [3.63, 3.8) is 0 Å². The molecule has 0 atom stereocenters. The number of aryl methyl sites for hydroxylation is 2. The molecule has 3 heterocycles. The average Bonchev–Trinajstić information content (AvgIpc) is 2.78. The number of carbonyl (C=O) groups is 1. The predicted molar refractivity (Wildman–Crippen MR) is 125 cm³/mol. The van der Waals surface area contributed by atoms with Gasteiger partial charge in [0, 0.05) is 46.5 Å². The molecule has 5 rings (SSSR count). The lowest BCUT2D eigenvalue weighted by atomic mass is 10.0. The lowest BCUT2D eigenvalue weighted by Crippen LogP contribution is -2.13. The summed E-state index contributed by atoms with van der Waals surface area (Å²) < 4.78 is 5.31. The van der Waals surface area contributed by atoms with Crippen molar-refractivity contribution in [2.75, 3.05) is 5.32 Å². The van der Waals surface area contributed by atoms with Gasteiger partial charge >= 0.3 is 5.63 Å².